The van der Waals surface area contributed by atoms with Gasteiger partial charge >= 0.3 is 5.97 Å². The van der Waals surface area contributed by atoms with Gasteiger partial charge in [-0.3, -0.25) is 9.59 Å². The molecule has 0 aliphatic carbocycles. The summed E-state index contributed by atoms with van der Waals surface area (Å²) in [6.07, 6.45) is 2.23. The number of likely N-dealkylation sites (tertiary alicyclic amines) is 1. The van der Waals surface area contributed by atoms with E-state index >= 15 is 0 Å². The summed E-state index contributed by atoms with van der Waals surface area (Å²) in [5.41, 5.74) is 1.75. The first kappa shape index (κ1) is 19.2. The van der Waals surface area contributed by atoms with E-state index in [4.69, 9.17) is 9.47 Å². The second kappa shape index (κ2) is 8.41. The van der Waals surface area contributed by atoms with Gasteiger partial charge in [0.15, 0.2) is 12.7 Å². The van der Waals surface area contributed by atoms with Crippen molar-refractivity contribution in [2.24, 2.45) is 5.92 Å². The molecule has 7 heteroatoms. The van der Waals surface area contributed by atoms with Gasteiger partial charge in [0.2, 0.25) is 5.91 Å². The first-order chi connectivity index (χ1) is 12.9. The van der Waals surface area contributed by atoms with Gasteiger partial charge in [0.1, 0.15) is 5.75 Å². The number of nitrogens with zero attached hydrogens (tertiary/aromatic N) is 1. The largest absolute Gasteiger partial charge is 0.482 e. The van der Waals surface area contributed by atoms with Gasteiger partial charge in [0, 0.05) is 25.2 Å². The van der Waals surface area contributed by atoms with Crippen LogP contribution in [-0.2, 0) is 25.5 Å². The molecule has 0 saturated carbocycles. The zero-order chi connectivity index (χ0) is 19.4. The fraction of sp³-hybridized carbons (Fsp3) is 0.550. The second-order valence-corrected chi connectivity index (χ2v) is 7.30. The van der Waals surface area contributed by atoms with E-state index in [2.05, 4.69) is 12.2 Å². The summed E-state index contributed by atoms with van der Waals surface area (Å²) < 4.78 is 10.7. The van der Waals surface area contributed by atoms with E-state index in [1.54, 1.807) is 24.0 Å². The Morgan fingerprint density at radius 3 is 2.74 bits per heavy atom. The number of ether oxygens (including phenoxy) is 2. The monoisotopic (exact) mass is 374 g/mol. The van der Waals surface area contributed by atoms with Crippen LogP contribution >= 0.6 is 0 Å². The van der Waals surface area contributed by atoms with Crippen LogP contribution in [-0.4, -0.2) is 48.5 Å². The van der Waals surface area contributed by atoms with Crippen LogP contribution in [0.5, 0.6) is 5.75 Å². The van der Waals surface area contributed by atoms with Crippen LogP contribution in [0.3, 0.4) is 0 Å². The Balaban J connectivity index is 1.46. The first-order valence-electron chi connectivity index (χ1n) is 9.46. The average molecular weight is 374 g/mol. The maximum Gasteiger partial charge on any atom is 0.344 e. The molecular weight excluding hydrogens is 348 g/mol. The number of hydrogen-bond acceptors (Lipinski definition) is 5. The lowest BCUT2D eigenvalue weighted by atomic mass is 9.99. The number of carbonyl (C=O) groups excluding carboxylic acids is 3. The summed E-state index contributed by atoms with van der Waals surface area (Å²) in [6, 6.07) is 5.27. The molecule has 1 fully saturated rings. The second-order valence-electron chi connectivity index (χ2n) is 7.30. The lowest BCUT2D eigenvalue weighted by molar-refractivity contribution is -0.161. The van der Waals surface area contributed by atoms with Gasteiger partial charge in [0.05, 0.1) is 0 Å². The third kappa shape index (κ3) is 4.99. The maximum atomic E-state index is 12.4. The van der Waals surface area contributed by atoms with E-state index in [0.29, 0.717) is 37.6 Å². The third-order valence-corrected chi connectivity index (χ3v) is 5.08. The van der Waals surface area contributed by atoms with Crippen LogP contribution < -0.4 is 10.1 Å². The number of piperidine rings is 1. The molecule has 0 spiro atoms. The minimum absolute atomic E-state index is 0.00145. The third-order valence-electron chi connectivity index (χ3n) is 5.08. The summed E-state index contributed by atoms with van der Waals surface area (Å²) in [6.45, 7) is 4.94. The molecule has 1 aromatic rings. The SMILES string of the molecule is CC1CCN(C(=O)C(C)OC(=O)COc2ccc3c(c2)CCC(=O)N3)CC1. The molecular formula is C20H26N2O5. The Labute approximate surface area is 159 Å². The van der Waals surface area contributed by atoms with Crippen LogP contribution in [0.2, 0.25) is 0 Å². The zero-order valence-corrected chi connectivity index (χ0v) is 15.8. The molecule has 2 amide bonds. The lowest BCUT2D eigenvalue weighted by Gasteiger charge is -2.31. The van der Waals surface area contributed by atoms with Crippen molar-refractivity contribution in [3.63, 3.8) is 0 Å². The van der Waals surface area contributed by atoms with Crippen molar-refractivity contribution < 1.29 is 23.9 Å². The summed E-state index contributed by atoms with van der Waals surface area (Å²) >= 11 is 0. The average Bonchev–Trinajstić information content (AvgIpc) is 2.66. The van der Waals surface area contributed by atoms with Gasteiger partial charge < -0.3 is 19.7 Å². The van der Waals surface area contributed by atoms with Crippen molar-refractivity contribution in [3.05, 3.63) is 23.8 Å². The number of carbonyl (C=O) groups is 3. The number of rotatable bonds is 5. The van der Waals surface area contributed by atoms with Gasteiger partial charge in [-0.1, -0.05) is 6.92 Å². The molecule has 2 heterocycles. The van der Waals surface area contributed by atoms with Crippen LogP contribution in [0, 0.1) is 5.92 Å². The number of aryl methyl sites for hydroxylation is 1. The van der Waals surface area contributed by atoms with Gasteiger partial charge in [-0.25, -0.2) is 4.79 Å². The van der Waals surface area contributed by atoms with Crippen molar-refractivity contribution in [3.8, 4) is 5.75 Å². The Kier molecular flexibility index (Phi) is 5.98. The van der Waals surface area contributed by atoms with Crippen molar-refractivity contribution in [2.45, 2.75) is 45.6 Å². The number of hydrogen-bond donors (Lipinski definition) is 1. The molecule has 27 heavy (non-hydrogen) atoms. The van der Waals surface area contributed by atoms with E-state index in [1.807, 2.05) is 6.07 Å². The van der Waals surface area contributed by atoms with Crippen molar-refractivity contribution in [2.75, 3.05) is 25.0 Å². The topological polar surface area (TPSA) is 84.9 Å². The number of esters is 1. The zero-order valence-electron chi connectivity index (χ0n) is 15.8. The highest BCUT2D eigenvalue weighted by Crippen LogP contribution is 2.26. The lowest BCUT2D eigenvalue weighted by Crippen LogP contribution is -2.44. The molecule has 0 aromatic heterocycles. The van der Waals surface area contributed by atoms with Crippen molar-refractivity contribution >= 4 is 23.5 Å². The number of amides is 2. The minimum atomic E-state index is -0.812. The van der Waals surface area contributed by atoms with Crippen molar-refractivity contribution in [1.29, 1.82) is 0 Å². The molecule has 0 bridgehead atoms. The summed E-state index contributed by atoms with van der Waals surface area (Å²) in [7, 11) is 0. The number of fused-ring (bicyclic) bond motifs is 1. The highest BCUT2D eigenvalue weighted by Gasteiger charge is 2.27. The van der Waals surface area contributed by atoms with Gasteiger partial charge in [0.25, 0.3) is 5.91 Å². The summed E-state index contributed by atoms with van der Waals surface area (Å²) in [5.74, 6) is 0.435. The standard InChI is InChI=1S/C20H26N2O5/c1-13-7-9-22(10-8-13)20(25)14(2)27-19(24)12-26-16-4-5-17-15(11-16)3-6-18(23)21-17/h4-5,11,13-14H,3,6-10,12H2,1-2H3,(H,21,23). The fourth-order valence-electron chi connectivity index (χ4n) is 3.36. The normalized spacial score (nSPS) is 18.3. The van der Waals surface area contributed by atoms with Crippen molar-refractivity contribution in [1.82, 2.24) is 4.90 Å². The van der Waals surface area contributed by atoms with E-state index in [9.17, 15) is 14.4 Å². The minimum Gasteiger partial charge on any atom is -0.482 e. The van der Waals surface area contributed by atoms with Crippen LogP contribution in [0.15, 0.2) is 18.2 Å². The van der Waals surface area contributed by atoms with Crippen LogP contribution in [0.1, 0.15) is 38.7 Å². The fourth-order valence-corrected chi connectivity index (χ4v) is 3.36. The summed E-state index contributed by atoms with van der Waals surface area (Å²) in [4.78, 5) is 37.5. The molecule has 146 valence electrons. The van der Waals surface area contributed by atoms with Gasteiger partial charge in [-0.15, -0.1) is 0 Å². The van der Waals surface area contributed by atoms with E-state index in [0.717, 1.165) is 24.1 Å². The van der Waals surface area contributed by atoms with Gasteiger partial charge in [-0.2, -0.15) is 0 Å². The van der Waals surface area contributed by atoms with E-state index in [1.165, 1.54) is 0 Å². The number of anilines is 1. The summed E-state index contributed by atoms with van der Waals surface area (Å²) in [5, 5.41) is 2.80. The molecule has 1 N–H and O–H groups in total. The molecule has 0 radical (unpaired) electrons. The van der Waals surface area contributed by atoms with Crippen LogP contribution in [0.4, 0.5) is 5.69 Å². The highest BCUT2D eigenvalue weighted by atomic mass is 16.6. The predicted octanol–water partition coefficient (Wildman–Crippen LogP) is 2.14. The Hall–Kier alpha value is -2.57. The highest BCUT2D eigenvalue weighted by molar-refractivity contribution is 5.94. The molecule has 1 saturated heterocycles. The molecule has 2 aliphatic rings. The van der Waals surface area contributed by atoms with Gasteiger partial charge in [-0.05, 0) is 55.9 Å². The molecule has 1 atom stereocenters. The smallest absolute Gasteiger partial charge is 0.344 e. The molecule has 2 aliphatic heterocycles. The Morgan fingerprint density at radius 2 is 2.00 bits per heavy atom. The molecule has 7 nitrogen and oxygen atoms in total. The molecule has 3 rings (SSSR count). The maximum absolute atomic E-state index is 12.4. The van der Waals surface area contributed by atoms with E-state index < -0.39 is 12.1 Å². The van der Waals surface area contributed by atoms with E-state index in [-0.39, 0.29) is 18.4 Å². The predicted molar refractivity (Wildman–Crippen MR) is 99.4 cm³/mol. The number of benzene rings is 1. The van der Waals surface area contributed by atoms with Crippen LogP contribution in [0.25, 0.3) is 0 Å². The quantitative estimate of drug-likeness (QED) is 0.798. The number of nitrogens with one attached hydrogen (secondary N) is 1. The molecule has 1 unspecified atom stereocenters. The Bertz CT molecular complexity index is 725. The molecule has 1 aromatic carbocycles. The first-order valence-corrected chi connectivity index (χ1v) is 9.46. The Morgan fingerprint density at radius 1 is 1.26 bits per heavy atom.